The van der Waals surface area contributed by atoms with E-state index in [1.807, 2.05) is 13.8 Å². The molecule has 0 saturated carbocycles. The highest BCUT2D eigenvalue weighted by molar-refractivity contribution is 6.04. The standard InChI is InChI=1S/C23H29N5O3/c1-3-27(4-2)23(31)28-13-7-9-18(16-28)22(30)26-20-11-5-10-19(14-20)25-21(29)17-8-6-12-24-15-17/h5-6,8,10-12,14-15,18H,3-4,7,9,13,16H2,1-2H3,(H,25,29)(H,26,30)/t18-/m1/s1. The third kappa shape index (κ3) is 5.81. The third-order valence-corrected chi connectivity index (χ3v) is 5.41. The summed E-state index contributed by atoms with van der Waals surface area (Å²) in [6.07, 6.45) is 4.64. The smallest absolute Gasteiger partial charge is 0.320 e. The van der Waals surface area contributed by atoms with Gasteiger partial charge in [0.1, 0.15) is 0 Å². The lowest BCUT2D eigenvalue weighted by Gasteiger charge is -2.35. The fourth-order valence-electron chi connectivity index (χ4n) is 3.68. The molecule has 1 aliphatic rings. The molecule has 3 rings (SSSR count). The van der Waals surface area contributed by atoms with Crippen molar-refractivity contribution >= 4 is 29.2 Å². The van der Waals surface area contributed by atoms with E-state index >= 15 is 0 Å². The fourth-order valence-corrected chi connectivity index (χ4v) is 3.68. The molecular weight excluding hydrogens is 394 g/mol. The van der Waals surface area contributed by atoms with Crippen molar-refractivity contribution in [3.05, 3.63) is 54.4 Å². The van der Waals surface area contributed by atoms with Crippen LogP contribution in [0.15, 0.2) is 48.8 Å². The van der Waals surface area contributed by atoms with Gasteiger partial charge in [-0.3, -0.25) is 14.6 Å². The zero-order valence-electron chi connectivity index (χ0n) is 18.0. The fraction of sp³-hybridized carbons (Fsp3) is 0.391. The maximum Gasteiger partial charge on any atom is 0.320 e. The van der Waals surface area contributed by atoms with Gasteiger partial charge in [0.2, 0.25) is 5.91 Å². The van der Waals surface area contributed by atoms with Crippen LogP contribution in [0.25, 0.3) is 0 Å². The highest BCUT2D eigenvalue weighted by Gasteiger charge is 2.30. The van der Waals surface area contributed by atoms with Crippen molar-refractivity contribution in [3.8, 4) is 0 Å². The zero-order chi connectivity index (χ0) is 22.2. The first-order chi connectivity index (χ1) is 15.0. The Hall–Kier alpha value is -3.42. The van der Waals surface area contributed by atoms with Gasteiger partial charge in [-0.05, 0) is 57.0 Å². The molecule has 4 amide bonds. The van der Waals surface area contributed by atoms with Crippen LogP contribution in [0, 0.1) is 5.92 Å². The Labute approximate surface area is 182 Å². The van der Waals surface area contributed by atoms with Gasteiger partial charge in [-0.25, -0.2) is 4.79 Å². The maximum atomic E-state index is 12.8. The predicted octanol–water partition coefficient (Wildman–Crippen LogP) is 3.45. The van der Waals surface area contributed by atoms with Crippen LogP contribution in [0.4, 0.5) is 16.2 Å². The second kappa shape index (κ2) is 10.6. The monoisotopic (exact) mass is 423 g/mol. The molecule has 2 heterocycles. The van der Waals surface area contributed by atoms with Crippen LogP contribution in [0.3, 0.4) is 0 Å². The van der Waals surface area contributed by atoms with Gasteiger partial charge in [-0.15, -0.1) is 0 Å². The quantitative estimate of drug-likeness (QED) is 0.744. The van der Waals surface area contributed by atoms with Gasteiger partial charge < -0.3 is 20.4 Å². The molecule has 2 N–H and O–H groups in total. The van der Waals surface area contributed by atoms with Gasteiger partial charge in [0, 0.05) is 49.9 Å². The topological polar surface area (TPSA) is 94.6 Å². The maximum absolute atomic E-state index is 12.8. The molecule has 1 aliphatic heterocycles. The molecule has 0 bridgehead atoms. The third-order valence-electron chi connectivity index (χ3n) is 5.41. The molecule has 1 aromatic heterocycles. The molecule has 1 aromatic carbocycles. The summed E-state index contributed by atoms with van der Waals surface area (Å²) in [4.78, 5) is 45.3. The van der Waals surface area contributed by atoms with Crippen molar-refractivity contribution < 1.29 is 14.4 Å². The molecule has 1 atom stereocenters. The van der Waals surface area contributed by atoms with Crippen LogP contribution in [0.2, 0.25) is 0 Å². The van der Waals surface area contributed by atoms with E-state index < -0.39 is 0 Å². The van der Waals surface area contributed by atoms with Gasteiger partial charge in [-0.1, -0.05) is 6.07 Å². The number of carbonyl (C=O) groups excluding carboxylic acids is 3. The molecule has 0 aliphatic carbocycles. The SMILES string of the molecule is CCN(CC)C(=O)N1CCC[C@@H](C(=O)Nc2cccc(NC(=O)c3cccnc3)c2)C1. The summed E-state index contributed by atoms with van der Waals surface area (Å²) >= 11 is 0. The Kier molecular flexibility index (Phi) is 7.59. The Morgan fingerprint density at radius 3 is 2.52 bits per heavy atom. The normalized spacial score (nSPS) is 15.8. The van der Waals surface area contributed by atoms with Crippen LogP contribution in [0.5, 0.6) is 0 Å². The van der Waals surface area contributed by atoms with E-state index in [0.717, 1.165) is 12.8 Å². The number of carbonyl (C=O) groups is 3. The highest BCUT2D eigenvalue weighted by atomic mass is 16.2. The minimum atomic E-state index is -0.269. The van der Waals surface area contributed by atoms with Crippen LogP contribution < -0.4 is 10.6 Å². The number of piperidine rings is 1. The first kappa shape index (κ1) is 22.3. The molecule has 164 valence electrons. The van der Waals surface area contributed by atoms with Crippen molar-refractivity contribution in [3.63, 3.8) is 0 Å². The lowest BCUT2D eigenvalue weighted by atomic mass is 9.97. The molecule has 8 heteroatoms. The second-order valence-corrected chi connectivity index (χ2v) is 7.51. The summed E-state index contributed by atoms with van der Waals surface area (Å²) in [6.45, 7) is 6.30. The van der Waals surface area contributed by atoms with Crippen molar-refractivity contribution in [2.45, 2.75) is 26.7 Å². The summed E-state index contributed by atoms with van der Waals surface area (Å²) < 4.78 is 0. The lowest BCUT2D eigenvalue weighted by molar-refractivity contribution is -0.121. The number of hydrogen-bond acceptors (Lipinski definition) is 4. The highest BCUT2D eigenvalue weighted by Crippen LogP contribution is 2.21. The van der Waals surface area contributed by atoms with E-state index in [1.165, 1.54) is 6.20 Å². The van der Waals surface area contributed by atoms with E-state index in [1.54, 1.807) is 52.4 Å². The first-order valence-electron chi connectivity index (χ1n) is 10.7. The van der Waals surface area contributed by atoms with Crippen molar-refractivity contribution in [1.82, 2.24) is 14.8 Å². The second-order valence-electron chi connectivity index (χ2n) is 7.51. The number of amides is 4. The van der Waals surface area contributed by atoms with Gasteiger partial charge in [0.05, 0.1) is 11.5 Å². The number of hydrogen-bond donors (Lipinski definition) is 2. The predicted molar refractivity (Wildman–Crippen MR) is 120 cm³/mol. The van der Waals surface area contributed by atoms with Crippen molar-refractivity contribution in [1.29, 1.82) is 0 Å². The van der Waals surface area contributed by atoms with Gasteiger partial charge in [0.25, 0.3) is 5.91 Å². The number of anilines is 2. The largest absolute Gasteiger partial charge is 0.326 e. The van der Waals surface area contributed by atoms with Crippen LogP contribution in [-0.4, -0.2) is 58.8 Å². The summed E-state index contributed by atoms with van der Waals surface area (Å²) in [5.41, 5.74) is 1.63. The summed E-state index contributed by atoms with van der Waals surface area (Å²) in [5.74, 6) is -0.649. The summed E-state index contributed by atoms with van der Waals surface area (Å²) in [5, 5.41) is 5.74. The summed E-state index contributed by atoms with van der Waals surface area (Å²) in [6, 6.07) is 10.4. The number of pyridine rings is 1. The molecular formula is C23H29N5O3. The van der Waals surface area contributed by atoms with Crippen LogP contribution >= 0.6 is 0 Å². The lowest BCUT2D eigenvalue weighted by Crippen LogP contribution is -2.49. The Bertz CT molecular complexity index is 914. The average molecular weight is 424 g/mol. The molecule has 0 radical (unpaired) electrons. The van der Waals surface area contributed by atoms with Crippen molar-refractivity contribution in [2.75, 3.05) is 36.8 Å². The number of nitrogens with one attached hydrogen (secondary N) is 2. The first-order valence-corrected chi connectivity index (χ1v) is 10.7. The van der Waals surface area contributed by atoms with E-state index in [2.05, 4.69) is 15.6 Å². The van der Waals surface area contributed by atoms with Crippen molar-refractivity contribution in [2.24, 2.45) is 5.92 Å². The van der Waals surface area contributed by atoms with E-state index in [9.17, 15) is 14.4 Å². The number of rotatable bonds is 6. The molecule has 1 fully saturated rings. The number of aromatic nitrogens is 1. The number of nitrogens with zero attached hydrogens (tertiary/aromatic N) is 3. The minimum Gasteiger partial charge on any atom is -0.326 e. The molecule has 31 heavy (non-hydrogen) atoms. The number of likely N-dealkylation sites (tertiary alicyclic amines) is 1. The molecule has 0 unspecified atom stereocenters. The molecule has 2 aromatic rings. The Morgan fingerprint density at radius 1 is 1.10 bits per heavy atom. The van der Waals surface area contributed by atoms with Crippen LogP contribution in [0.1, 0.15) is 37.0 Å². The average Bonchev–Trinajstić information content (AvgIpc) is 2.80. The van der Waals surface area contributed by atoms with E-state index in [4.69, 9.17) is 0 Å². The van der Waals surface area contributed by atoms with Gasteiger partial charge >= 0.3 is 6.03 Å². The van der Waals surface area contributed by atoms with E-state index in [0.29, 0.717) is 43.1 Å². The van der Waals surface area contributed by atoms with Gasteiger partial charge in [-0.2, -0.15) is 0 Å². The van der Waals surface area contributed by atoms with Crippen LogP contribution in [-0.2, 0) is 4.79 Å². The summed E-state index contributed by atoms with van der Waals surface area (Å²) in [7, 11) is 0. The van der Waals surface area contributed by atoms with Gasteiger partial charge in [0.15, 0.2) is 0 Å². The molecule has 0 spiro atoms. The zero-order valence-corrected chi connectivity index (χ0v) is 18.0. The molecule has 1 saturated heterocycles. The Morgan fingerprint density at radius 2 is 1.84 bits per heavy atom. The number of urea groups is 1. The minimum absolute atomic E-state index is 0.0115. The number of benzene rings is 1. The Balaban J connectivity index is 1.60. The van der Waals surface area contributed by atoms with E-state index in [-0.39, 0.29) is 23.8 Å². The molecule has 8 nitrogen and oxygen atoms in total.